The van der Waals surface area contributed by atoms with Gasteiger partial charge in [-0.3, -0.25) is 4.68 Å². The summed E-state index contributed by atoms with van der Waals surface area (Å²) < 4.78 is 2.14. The highest BCUT2D eigenvalue weighted by Gasteiger charge is 2.23. The van der Waals surface area contributed by atoms with Gasteiger partial charge in [-0.15, -0.1) is 0 Å². The molecule has 0 saturated carbocycles. The maximum Gasteiger partial charge on any atom is 0.0841 e. The zero-order chi connectivity index (χ0) is 13.6. The molecule has 0 spiro atoms. The molecule has 2 aromatic rings. The Morgan fingerprint density at radius 2 is 1.89 bits per heavy atom. The van der Waals surface area contributed by atoms with Crippen molar-refractivity contribution < 1.29 is 0 Å². The molecular weight excluding hydrogens is 234 g/mol. The minimum absolute atomic E-state index is 0.516. The van der Waals surface area contributed by atoms with E-state index in [0.717, 1.165) is 18.7 Å². The monoisotopic (exact) mass is 255 g/mol. The molecule has 3 nitrogen and oxygen atoms in total. The van der Waals surface area contributed by atoms with E-state index < -0.39 is 0 Å². The summed E-state index contributed by atoms with van der Waals surface area (Å²) in [6, 6.07) is 4.56. The summed E-state index contributed by atoms with van der Waals surface area (Å²) in [6.45, 7) is 8.07. The number of fused-ring (bicyclic) bond motifs is 1. The number of hydrogen-bond donors (Lipinski definition) is 1. The molecule has 1 aromatic carbocycles. The van der Waals surface area contributed by atoms with Gasteiger partial charge in [0.1, 0.15) is 0 Å². The van der Waals surface area contributed by atoms with Gasteiger partial charge in [0.25, 0.3) is 0 Å². The second kappa shape index (κ2) is 4.49. The molecular formula is C16H21N3. The van der Waals surface area contributed by atoms with Crippen LogP contribution in [0.5, 0.6) is 0 Å². The molecule has 3 heteroatoms. The summed E-state index contributed by atoms with van der Waals surface area (Å²) in [5.74, 6) is 0. The second-order valence-electron chi connectivity index (χ2n) is 5.55. The fraction of sp³-hybridized carbons (Fsp3) is 0.438. The first-order chi connectivity index (χ1) is 9.11. The normalized spacial score (nSPS) is 13.9. The molecule has 1 aromatic heterocycles. The zero-order valence-corrected chi connectivity index (χ0v) is 12.0. The minimum atomic E-state index is 0.516. The van der Waals surface area contributed by atoms with Crippen LogP contribution in [0.2, 0.25) is 0 Å². The van der Waals surface area contributed by atoms with Crippen molar-refractivity contribution in [1.29, 1.82) is 0 Å². The van der Waals surface area contributed by atoms with Crippen molar-refractivity contribution in [3.05, 3.63) is 40.2 Å². The minimum Gasteiger partial charge on any atom is -0.325 e. The lowest BCUT2D eigenvalue weighted by molar-refractivity contribution is 0.644. The van der Waals surface area contributed by atoms with Crippen LogP contribution in [-0.2, 0) is 19.5 Å². The number of nitrogens with two attached hydrogens (primary N) is 1. The van der Waals surface area contributed by atoms with Gasteiger partial charge < -0.3 is 5.73 Å². The highest BCUT2D eigenvalue weighted by atomic mass is 15.3. The molecule has 0 fully saturated rings. The summed E-state index contributed by atoms with van der Waals surface area (Å²) in [7, 11) is 0. The van der Waals surface area contributed by atoms with Crippen molar-refractivity contribution in [2.45, 2.75) is 46.7 Å². The van der Waals surface area contributed by atoms with Crippen LogP contribution in [0.25, 0.3) is 11.1 Å². The van der Waals surface area contributed by atoms with E-state index in [4.69, 9.17) is 5.73 Å². The number of rotatable bonds is 2. The highest BCUT2D eigenvalue weighted by Crippen LogP contribution is 2.34. The second-order valence-corrected chi connectivity index (χ2v) is 5.55. The SMILES string of the molecule is Cc1cc(C)c(-c2c(CN)nn3c2CCC3)cc1C. The number of nitrogens with zero attached hydrogens (tertiary/aromatic N) is 2. The van der Waals surface area contributed by atoms with Gasteiger partial charge in [-0.1, -0.05) is 12.1 Å². The molecule has 0 bridgehead atoms. The maximum atomic E-state index is 5.89. The van der Waals surface area contributed by atoms with Gasteiger partial charge in [-0.05, 0) is 55.9 Å². The molecule has 3 rings (SSSR count). The Morgan fingerprint density at radius 1 is 1.16 bits per heavy atom. The third kappa shape index (κ3) is 1.89. The van der Waals surface area contributed by atoms with E-state index in [1.165, 1.54) is 39.9 Å². The molecule has 0 radical (unpaired) electrons. The molecule has 19 heavy (non-hydrogen) atoms. The van der Waals surface area contributed by atoms with E-state index in [0.29, 0.717) is 6.54 Å². The lowest BCUT2D eigenvalue weighted by atomic mass is 9.93. The van der Waals surface area contributed by atoms with E-state index in [9.17, 15) is 0 Å². The first kappa shape index (κ1) is 12.4. The Kier molecular flexibility index (Phi) is 2.94. The third-order valence-electron chi connectivity index (χ3n) is 4.22. The van der Waals surface area contributed by atoms with Crippen molar-refractivity contribution in [3.8, 4) is 11.1 Å². The summed E-state index contributed by atoms with van der Waals surface area (Å²) in [5, 5.41) is 4.67. The van der Waals surface area contributed by atoms with E-state index in [1.807, 2.05) is 0 Å². The summed E-state index contributed by atoms with van der Waals surface area (Å²) in [4.78, 5) is 0. The highest BCUT2D eigenvalue weighted by molar-refractivity contribution is 5.73. The van der Waals surface area contributed by atoms with Crippen molar-refractivity contribution in [2.24, 2.45) is 5.73 Å². The third-order valence-corrected chi connectivity index (χ3v) is 4.22. The van der Waals surface area contributed by atoms with E-state index in [1.54, 1.807) is 0 Å². The van der Waals surface area contributed by atoms with Gasteiger partial charge in [0.05, 0.1) is 5.69 Å². The first-order valence-corrected chi connectivity index (χ1v) is 6.98. The van der Waals surface area contributed by atoms with Crippen LogP contribution in [0.15, 0.2) is 12.1 Å². The summed E-state index contributed by atoms with van der Waals surface area (Å²) >= 11 is 0. The van der Waals surface area contributed by atoms with Crippen LogP contribution >= 0.6 is 0 Å². The van der Waals surface area contributed by atoms with Gasteiger partial charge in [-0.2, -0.15) is 5.10 Å². The van der Waals surface area contributed by atoms with Gasteiger partial charge in [0.2, 0.25) is 0 Å². The maximum absolute atomic E-state index is 5.89. The largest absolute Gasteiger partial charge is 0.325 e. The molecule has 2 heterocycles. The van der Waals surface area contributed by atoms with Gasteiger partial charge >= 0.3 is 0 Å². The first-order valence-electron chi connectivity index (χ1n) is 6.98. The number of benzene rings is 1. The smallest absolute Gasteiger partial charge is 0.0841 e. The van der Waals surface area contributed by atoms with Crippen LogP contribution < -0.4 is 5.73 Å². The Balaban J connectivity index is 2.25. The van der Waals surface area contributed by atoms with Gasteiger partial charge in [-0.25, -0.2) is 0 Å². The summed E-state index contributed by atoms with van der Waals surface area (Å²) in [6.07, 6.45) is 2.32. The molecule has 0 saturated heterocycles. The lowest BCUT2D eigenvalue weighted by Gasteiger charge is -2.11. The molecule has 1 aliphatic rings. The summed E-state index contributed by atoms with van der Waals surface area (Å²) in [5.41, 5.74) is 14.9. The molecule has 0 amide bonds. The van der Waals surface area contributed by atoms with Crippen LogP contribution in [0.3, 0.4) is 0 Å². The van der Waals surface area contributed by atoms with Crippen molar-refractivity contribution >= 4 is 0 Å². The average molecular weight is 255 g/mol. The number of aromatic nitrogens is 2. The molecule has 0 unspecified atom stereocenters. The molecule has 1 aliphatic heterocycles. The Morgan fingerprint density at radius 3 is 2.63 bits per heavy atom. The molecule has 2 N–H and O–H groups in total. The van der Waals surface area contributed by atoms with Crippen molar-refractivity contribution in [1.82, 2.24) is 9.78 Å². The van der Waals surface area contributed by atoms with E-state index in [2.05, 4.69) is 42.7 Å². The zero-order valence-electron chi connectivity index (χ0n) is 12.0. The lowest BCUT2D eigenvalue weighted by Crippen LogP contribution is -2.02. The molecule has 0 atom stereocenters. The Bertz CT molecular complexity index is 638. The van der Waals surface area contributed by atoms with Crippen LogP contribution in [0.1, 0.15) is 34.5 Å². The van der Waals surface area contributed by atoms with Crippen LogP contribution in [0, 0.1) is 20.8 Å². The predicted molar refractivity (Wildman–Crippen MR) is 78.1 cm³/mol. The van der Waals surface area contributed by atoms with Crippen molar-refractivity contribution in [3.63, 3.8) is 0 Å². The fourth-order valence-corrected chi connectivity index (χ4v) is 3.07. The fourth-order valence-electron chi connectivity index (χ4n) is 3.07. The Labute approximate surface area is 114 Å². The average Bonchev–Trinajstić information content (AvgIpc) is 2.93. The number of aryl methyl sites for hydroxylation is 4. The van der Waals surface area contributed by atoms with Crippen molar-refractivity contribution in [2.75, 3.05) is 0 Å². The predicted octanol–water partition coefficient (Wildman–Crippen LogP) is 2.88. The van der Waals surface area contributed by atoms with E-state index >= 15 is 0 Å². The Hall–Kier alpha value is -1.61. The van der Waals surface area contributed by atoms with Crippen LogP contribution in [-0.4, -0.2) is 9.78 Å². The van der Waals surface area contributed by atoms with E-state index in [-0.39, 0.29) is 0 Å². The van der Waals surface area contributed by atoms with Gasteiger partial charge in [0.15, 0.2) is 0 Å². The standard InChI is InChI=1S/C16H21N3/c1-10-7-12(3)13(8-11(10)2)16-14(9-17)18-19-6-4-5-15(16)19/h7-8H,4-6,9,17H2,1-3H3. The van der Waals surface area contributed by atoms with Gasteiger partial charge in [0, 0.05) is 24.3 Å². The molecule has 100 valence electrons. The molecule has 0 aliphatic carbocycles. The quantitative estimate of drug-likeness (QED) is 0.896. The topological polar surface area (TPSA) is 43.8 Å². The van der Waals surface area contributed by atoms with Crippen LogP contribution in [0.4, 0.5) is 0 Å². The number of hydrogen-bond acceptors (Lipinski definition) is 2.